The van der Waals surface area contributed by atoms with Crippen molar-refractivity contribution in [3.63, 3.8) is 0 Å². The molecule has 86 valence electrons. The summed E-state index contributed by atoms with van der Waals surface area (Å²) in [6, 6.07) is 0.852. The number of fused-ring (bicyclic) bond motifs is 3. The summed E-state index contributed by atoms with van der Waals surface area (Å²) < 4.78 is 0. The first-order valence-corrected chi connectivity index (χ1v) is 7.58. The van der Waals surface area contributed by atoms with Gasteiger partial charge in [0.05, 0.1) is 0 Å². The molecule has 4 aliphatic rings. The highest BCUT2D eigenvalue weighted by Gasteiger charge is 2.51. The third kappa shape index (κ3) is 1.18. The third-order valence-electron chi connectivity index (χ3n) is 4.75. The van der Waals surface area contributed by atoms with Gasteiger partial charge in [0.2, 0.25) is 0 Å². The van der Waals surface area contributed by atoms with E-state index in [2.05, 4.69) is 27.7 Å². The fourth-order valence-electron chi connectivity index (χ4n) is 4.16. The van der Waals surface area contributed by atoms with Gasteiger partial charge in [-0.05, 0) is 24.8 Å². The number of hydrogen-bond acceptors (Lipinski definition) is 3. The lowest BCUT2D eigenvalue weighted by atomic mass is 9.78. The van der Waals surface area contributed by atoms with Crippen LogP contribution in [0, 0.1) is 11.8 Å². The first-order valence-electron chi connectivity index (χ1n) is 6.53. The minimum absolute atomic E-state index is 0.761. The lowest BCUT2D eigenvalue weighted by Crippen LogP contribution is -2.47. The molecule has 3 fully saturated rings. The molecule has 2 saturated heterocycles. The maximum absolute atomic E-state index is 4.49. The van der Waals surface area contributed by atoms with Gasteiger partial charge in [0.1, 0.15) is 0 Å². The molecule has 3 heterocycles. The smallest absolute Gasteiger partial charge is 0.0475 e. The van der Waals surface area contributed by atoms with Crippen molar-refractivity contribution in [2.75, 3.05) is 18.8 Å². The Hall–Kier alpha value is -0.440. The van der Waals surface area contributed by atoms with Crippen LogP contribution in [0.2, 0.25) is 0 Å². The average molecular weight is 234 g/mol. The quantitative estimate of drug-likeness (QED) is 0.638. The normalized spacial score (nSPS) is 45.0. The number of allylic oxidation sites excluding steroid dienone is 1. The number of aliphatic imine (C=N–C) groups is 1. The Morgan fingerprint density at radius 1 is 1.38 bits per heavy atom. The molecule has 0 aromatic carbocycles. The zero-order chi connectivity index (χ0) is 10.5. The van der Waals surface area contributed by atoms with E-state index in [1.54, 1.807) is 5.70 Å². The van der Waals surface area contributed by atoms with Crippen LogP contribution in [0.1, 0.15) is 19.3 Å². The standard InChI is InChI=1S/C13H18N2S/c1-2-9-10-8-14-5-4-11(10)15-6-7-16-12(3-1)13(9)15/h4-5,9-10,12-13H,1-3,6-8H2. The monoisotopic (exact) mass is 234 g/mol. The molecule has 1 aliphatic carbocycles. The molecule has 4 rings (SSSR count). The average Bonchev–Trinajstić information content (AvgIpc) is 2.68. The maximum Gasteiger partial charge on any atom is 0.0475 e. The molecule has 0 amide bonds. The summed E-state index contributed by atoms with van der Waals surface area (Å²) in [7, 11) is 0. The van der Waals surface area contributed by atoms with Crippen LogP contribution in [0.25, 0.3) is 0 Å². The molecule has 0 N–H and O–H groups in total. The molecule has 3 aliphatic heterocycles. The van der Waals surface area contributed by atoms with Gasteiger partial charge in [-0.1, -0.05) is 6.42 Å². The summed E-state index contributed by atoms with van der Waals surface area (Å²) in [5.41, 5.74) is 1.62. The maximum atomic E-state index is 4.49. The molecule has 0 aromatic rings. The van der Waals surface area contributed by atoms with Gasteiger partial charge >= 0.3 is 0 Å². The number of thioether (sulfide) groups is 1. The van der Waals surface area contributed by atoms with E-state index < -0.39 is 0 Å². The van der Waals surface area contributed by atoms with Gasteiger partial charge < -0.3 is 4.90 Å². The van der Waals surface area contributed by atoms with Crippen molar-refractivity contribution in [3.05, 3.63) is 11.8 Å². The predicted molar refractivity (Wildman–Crippen MR) is 69.0 cm³/mol. The van der Waals surface area contributed by atoms with Gasteiger partial charge in [-0.25, -0.2) is 0 Å². The van der Waals surface area contributed by atoms with E-state index in [4.69, 9.17) is 0 Å². The molecule has 1 saturated carbocycles. The molecule has 0 spiro atoms. The minimum Gasteiger partial charge on any atom is -0.369 e. The Balaban J connectivity index is 1.76. The van der Waals surface area contributed by atoms with E-state index >= 15 is 0 Å². The van der Waals surface area contributed by atoms with Crippen LogP contribution < -0.4 is 0 Å². The second kappa shape index (κ2) is 3.52. The Morgan fingerprint density at radius 2 is 2.38 bits per heavy atom. The van der Waals surface area contributed by atoms with Gasteiger partial charge in [-0.15, -0.1) is 0 Å². The van der Waals surface area contributed by atoms with E-state index in [0.29, 0.717) is 0 Å². The first-order chi connectivity index (χ1) is 7.95. The molecule has 4 atom stereocenters. The van der Waals surface area contributed by atoms with Crippen molar-refractivity contribution < 1.29 is 0 Å². The van der Waals surface area contributed by atoms with Crippen molar-refractivity contribution in [3.8, 4) is 0 Å². The minimum atomic E-state index is 0.761. The fourth-order valence-corrected chi connectivity index (χ4v) is 5.65. The molecule has 2 nitrogen and oxygen atoms in total. The zero-order valence-electron chi connectivity index (χ0n) is 9.51. The van der Waals surface area contributed by atoms with E-state index in [-0.39, 0.29) is 0 Å². The molecule has 4 unspecified atom stereocenters. The van der Waals surface area contributed by atoms with Crippen molar-refractivity contribution in [1.82, 2.24) is 4.90 Å². The second-order valence-corrected chi connectivity index (χ2v) is 6.75. The van der Waals surface area contributed by atoms with Gasteiger partial charge in [0.25, 0.3) is 0 Å². The van der Waals surface area contributed by atoms with Crippen LogP contribution in [0.5, 0.6) is 0 Å². The van der Waals surface area contributed by atoms with Crippen LogP contribution in [0.3, 0.4) is 0 Å². The number of nitrogens with zero attached hydrogens (tertiary/aromatic N) is 2. The molecule has 0 bridgehead atoms. The van der Waals surface area contributed by atoms with Crippen LogP contribution in [-0.4, -0.2) is 41.2 Å². The Bertz CT molecular complexity index is 361. The van der Waals surface area contributed by atoms with E-state index in [1.165, 1.54) is 31.6 Å². The van der Waals surface area contributed by atoms with Crippen molar-refractivity contribution in [1.29, 1.82) is 0 Å². The van der Waals surface area contributed by atoms with Gasteiger partial charge in [0, 0.05) is 48.0 Å². The summed E-state index contributed by atoms with van der Waals surface area (Å²) >= 11 is 2.23. The third-order valence-corrected chi connectivity index (χ3v) is 6.11. The molecule has 0 aromatic heterocycles. The lowest BCUT2D eigenvalue weighted by Gasteiger charge is -2.43. The summed E-state index contributed by atoms with van der Waals surface area (Å²) in [4.78, 5) is 7.23. The van der Waals surface area contributed by atoms with Gasteiger partial charge in [0.15, 0.2) is 0 Å². The predicted octanol–water partition coefficient (Wildman–Crippen LogP) is 2.17. The summed E-state index contributed by atoms with van der Waals surface area (Å²) in [5, 5.41) is 0.916. The largest absolute Gasteiger partial charge is 0.369 e. The van der Waals surface area contributed by atoms with E-state index in [1.807, 2.05) is 6.21 Å². The molecule has 3 heteroatoms. The highest BCUT2D eigenvalue weighted by Crippen LogP contribution is 2.51. The van der Waals surface area contributed by atoms with Crippen LogP contribution in [0.4, 0.5) is 0 Å². The number of rotatable bonds is 0. The lowest BCUT2D eigenvalue weighted by molar-refractivity contribution is 0.197. The fraction of sp³-hybridized carbons (Fsp3) is 0.769. The van der Waals surface area contributed by atoms with Crippen molar-refractivity contribution in [2.45, 2.75) is 30.6 Å². The van der Waals surface area contributed by atoms with Crippen LogP contribution >= 0.6 is 11.8 Å². The van der Waals surface area contributed by atoms with E-state index in [0.717, 1.165) is 29.7 Å². The van der Waals surface area contributed by atoms with Crippen LogP contribution in [0.15, 0.2) is 16.8 Å². The van der Waals surface area contributed by atoms with Gasteiger partial charge in [-0.3, -0.25) is 4.99 Å². The van der Waals surface area contributed by atoms with Crippen LogP contribution in [-0.2, 0) is 0 Å². The second-order valence-electron chi connectivity index (χ2n) is 5.40. The molecular weight excluding hydrogens is 216 g/mol. The zero-order valence-corrected chi connectivity index (χ0v) is 10.3. The highest BCUT2D eigenvalue weighted by molar-refractivity contribution is 8.00. The summed E-state index contributed by atoms with van der Waals surface area (Å²) in [5.74, 6) is 3.00. The highest BCUT2D eigenvalue weighted by atomic mass is 32.2. The number of hydrogen-bond donors (Lipinski definition) is 0. The number of dihydropyridines is 1. The molecule has 0 radical (unpaired) electrons. The van der Waals surface area contributed by atoms with Crippen molar-refractivity contribution in [2.24, 2.45) is 16.8 Å². The first kappa shape index (κ1) is 9.58. The Kier molecular flexibility index (Phi) is 2.11. The SMILES string of the molecule is C1=NCC2C(=C1)N1CCSC3CCCC2C31. The topological polar surface area (TPSA) is 15.6 Å². The van der Waals surface area contributed by atoms with Crippen molar-refractivity contribution >= 4 is 18.0 Å². The Labute approximate surface area is 101 Å². The molecule has 16 heavy (non-hydrogen) atoms. The van der Waals surface area contributed by atoms with Gasteiger partial charge in [-0.2, -0.15) is 11.8 Å². The van der Waals surface area contributed by atoms with E-state index in [9.17, 15) is 0 Å². The summed E-state index contributed by atoms with van der Waals surface area (Å²) in [6.07, 6.45) is 8.65. The molecular formula is C13H18N2S. The summed E-state index contributed by atoms with van der Waals surface area (Å²) in [6.45, 7) is 2.33. The Morgan fingerprint density at radius 3 is 3.38 bits per heavy atom.